The van der Waals surface area contributed by atoms with Crippen molar-refractivity contribution in [1.29, 1.82) is 0 Å². The molecule has 1 saturated heterocycles. The number of nitrogens with one attached hydrogen (secondary N) is 1. The lowest BCUT2D eigenvalue weighted by molar-refractivity contribution is -0.137. The molecule has 0 bridgehead atoms. The first-order chi connectivity index (χ1) is 14.3. The van der Waals surface area contributed by atoms with Crippen molar-refractivity contribution in [3.63, 3.8) is 0 Å². The first-order valence-electron chi connectivity index (χ1n) is 10.2. The van der Waals surface area contributed by atoms with E-state index in [1.165, 1.54) is 11.1 Å². The molecule has 2 unspecified atom stereocenters. The van der Waals surface area contributed by atoms with Gasteiger partial charge in [-0.25, -0.2) is 4.39 Å². The van der Waals surface area contributed by atoms with Crippen LogP contribution < -0.4 is 5.32 Å². The number of halogens is 4. The van der Waals surface area contributed by atoms with E-state index in [-0.39, 0.29) is 23.4 Å². The van der Waals surface area contributed by atoms with E-state index in [0.717, 1.165) is 38.2 Å². The van der Waals surface area contributed by atoms with Crippen LogP contribution in [0.5, 0.6) is 0 Å². The van der Waals surface area contributed by atoms with Gasteiger partial charge in [0.1, 0.15) is 5.82 Å². The number of hydrogen-bond acceptors (Lipinski definition) is 2. The molecule has 1 aliphatic carbocycles. The number of ether oxygens (including phenoxy) is 1. The SMILES string of the molecule is O=C(Nc1ccc(C(F)(F)F)cc1F)C1CCCC(c2ccc(C3COC3)cc2)C1. The molecule has 1 N–H and O–H groups in total. The summed E-state index contributed by atoms with van der Waals surface area (Å²) in [5, 5.41) is 2.47. The quantitative estimate of drug-likeness (QED) is 0.627. The van der Waals surface area contributed by atoms with Crippen LogP contribution in [0, 0.1) is 11.7 Å². The Morgan fingerprint density at radius 3 is 2.20 bits per heavy atom. The minimum atomic E-state index is -4.62. The van der Waals surface area contributed by atoms with E-state index in [2.05, 4.69) is 29.6 Å². The monoisotopic (exact) mass is 421 g/mol. The third kappa shape index (κ3) is 4.51. The fourth-order valence-corrected chi connectivity index (χ4v) is 4.23. The highest BCUT2D eigenvalue weighted by molar-refractivity contribution is 5.92. The molecule has 160 valence electrons. The minimum absolute atomic E-state index is 0.220. The van der Waals surface area contributed by atoms with Crippen LogP contribution in [0.25, 0.3) is 0 Å². The molecule has 4 rings (SSSR count). The Morgan fingerprint density at radius 1 is 0.967 bits per heavy atom. The summed E-state index contributed by atoms with van der Waals surface area (Å²) >= 11 is 0. The van der Waals surface area contributed by atoms with E-state index >= 15 is 0 Å². The van der Waals surface area contributed by atoms with Crippen molar-refractivity contribution >= 4 is 11.6 Å². The summed E-state index contributed by atoms with van der Waals surface area (Å²) < 4.78 is 57.4. The van der Waals surface area contributed by atoms with Gasteiger partial charge in [-0.2, -0.15) is 13.2 Å². The van der Waals surface area contributed by atoms with Crippen LogP contribution in [0.2, 0.25) is 0 Å². The molecule has 0 spiro atoms. The maximum absolute atomic E-state index is 14.1. The number of hydrogen-bond donors (Lipinski definition) is 1. The Morgan fingerprint density at radius 2 is 1.63 bits per heavy atom. The first kappa shape index (κ1) is 20.8. The molecule has 1 saturated carbocycles. The van der Waals surface area contributed by atoms with Gasteiger partial charge in [-0.15, -0.1) is 0 Å². The number of anilines is 1. The Bertz CT molecular complexity index is 906. The fraction of sp³-hybridized carbons (Fsp3) is 0.435. The maximum atomic E-state index is 14.1. The van der Waals surface area contributed by atoms with Crippen molar-refractivity contribution in [2.24, 2.45) is 5.92 Å². The highest BCUT2D eigenvalue weighted by Crippen LogP contribution is 2.38. The van der Waals surface area contributed by atoms with Crippen LogP contribution in [-0.4, -0.2) is 19.1 Å². The number of amides is 1. The van der Waals surface area contributed by atoms with Gasteiger partial charge in [-0.3, -0.25) is 4.79 Å². The van der Waals surface area contributed by atoms with Crippen molar-refractivity contribution in [2.45, 2.75) is 43.7 Å². The van der Waals surface area contributed by atoms with Crippen LogP contribution in [0.4, 0.5) is 23.2 Å². The van der Waals surface area contributed by atoms with Gasteiger partial charge in [0.05, 0.1) is 24.5 Å². The predicted octanol–water partition coefficient (Wildman–Crippen LogP) is 5.87. The molecular formula is C23H23F4NO2. The van der Waals surface area contributed by atoms with E-state index in [0.29, 0.717) is 24.8 Å². The number of rotatable bonds is 4. The van der Waals surface area contributed by atoms with Crippen molar-refractivity contribution < 1.29 is 27.1 Å². The lowest BCUT2D eigenvalue weighted by atomic mass is 9.77. The van der Waals surface area contributed by atoms with Crippen molar-refractivity contribution in [3.8, 4) is 0 Å². The Kier molecular flexibility index (Phi) is 5.82. The zero-order valence-corrected chi connectivity index (χ0v) is 16.3. The normalized spacial score (nSPS) is 22.4. The van der Waals surface area contributed by atoms with Gasteiger partial charge in [-0.05, 0) is 54.5 Å². The Balaban J connectivity index is 1.40. The molecule has 2 fully saturated rings. The van der Waals surface area contributed by atoms with Crippen LogP contribution in [0.15, 0.2) is 42.5 Å². The molecule has 2 aromatic carbocycles. The lowest BCUT2D eigenvalue weighted by Gasteiger charge is -2.30. The zero-order valence-electron chi connectivity index (χ0n) is 16.3. The third-order valence-corrected chi connectivity index (χ3v) is 6.12. The molecular weight excluding hydrogens is 398 g/mol. The number of alkyl halides is 3. The fourth-order valence-electron chi connectivity index (χ4n) is 4.23. The molecule has 0 radical (unpaired) electrons. The van der Waals surface area contributed by atoms with E-state index in [1.54, 1.807) is 0 Å². The smallest absolute Gasteiger partial charge is 0.380 e. The van der Waals surface area contributed by atoms with Gasteiger partial charge < -0.3 is 10.1 Å². The average Bonchev–Trinajstić information content (AvgIpc) is 2.68. The van der Waals surface area contributed by atoms with Gasteiger partial charge in [-0.1, -0.05) is 30.7 Å². The summed E-state index contributed by atoms with van der Waals surface area (Å²) in [6.07, 6.45) is -1.45. The predicted molar refractivity (Wildman–Crippen MR) is 105 cm³/mol. The van der Waals surface area contributed by atoms with Crippen molar-refractivity contribution in [1.82, 2.24) is 0 Å². The van der Waals surface area contributed by atoms with Gasteiger partial charge in [0.15, 0.2) is 0 Å². The topological polar surface area (TPSA) is 38.3 Å². The molecule has 0 aromatic heterocycles. The van der Waals surface area contributed by atoms with Gasteiger partial charge in [0.25, 0.3) is 0 Å². The van der Waals surface area contributed by atoms with Crippen LogP contribution in [0.3, 0.4) is 0 Å². The highest BCUT2D eigenvalue weighted by Gasteiger charge is 2.32. The van der Waals surface area contributed by atoms with Crippen LogP contribution >= 0.6 is 0 Å². The summed E-state index contributed by atoms with van der Waals surface area (Å²) in [5.74, 6) is -1.03. The van der Waals surface area contributed by atoms with Gasteiger partial charge >= 0.3 is 6.18 Å². The van der Waals surface area contributed by atoms with E-state index in [1.807, 2.05) is 0 Å². The number of carbonyl (C=O) groups excluding carboxylic acids is 1. The second kappa shape index (κ2) is 8.38. The molecule has 1 aliphatic heterocycles. The third-order valence-electron chi connectivity index (χ3n) is 6.12. The molecule has 1 heterocycles. The maximum Gasteiger partial charge on any atom is 0.416 e. The number of carbonyl (C=O) groups is 1. The molecule has 2 atom stereocenters. The summed E-state index contributed by atoms with van der Waals surface area (Å²) in [4.78, 5) is 12.7. The highest BCUT2D eigenvalue weighted by atomic mass is 19.4. The Labute approximate surface area is 172 Å². The summed E-state index contributed by atoms with van der Waals surface area (Å²) in [5.41, 5.74) is 1.14. The van der Waals surface area contributed by atoms with E-state index < -0.39 is 17.6 Å². The average molecular weight is 421 g/mol. The second-order valence-electron chi connectivity index (χ2n) is 8.14. The summed E-state index contributed by atoms with van der Waals surface area (Å²) in [7, 11) is 0. The minimum Gasteiger partial charge on any atom is -0.380 e. The molecule has 2 aliphatic rings. The van der Waals surface area contributed by atoms with Crippen LogP contribution in [-0.2, 0) is 15.7 Å². The van der Waals surface area contributed by atoms with Crippen LogP contribution in [0.1, 0.15) is 54.2 Å². The molecule has 2 aromatic rings. The number of benzene rings is 2. The van der Waals surface area contributed by atoms with Gasteiger partial charge in [0.2, 0.25) is 5.91 Å². The summed E-state index contributed by atoms with van der Waals surface area (Å²) in [6, 6.07) is 10.6. The molecule has 7 heteroatoms. The molecule has 30 heavy (non-hydrogen) atoms. The molecule has 3 nitrogen and oxygen atoms in total. The largest absolute Gasteiger partial charge is 0.416 e. The van der Waals surface area contributed by atoms with Gasteiger partial charge in [0, 0.05) is 11.8 Å². The lowest BCUT2D eigenvalue weighted by Crippen LogP contribution is -2.28. The second-order valence-corrected chi connectivity index (χ2v) is 8.14. The summed E-state index contributed by atoms with van der Waals surface area (Å²) in [6.45, 7) is 1.51. The molecule has 1 amide bonds. The zero-order chi connectivity index (χ0) is 21.3. The van der Waals surface area contributed by atoms with Crippen molar-refractivity contribution in [3.05, 3.63) is 65.0 Å². The van der Waals surface area contributed by atoms with Crippen molar-refractivity contribution in [2.75, 3.05) is 18.5 Å². The first-order valence-corrected chi connectivity index (χ1v) is 10.2. The van der Waals surface area contributed by atoms with E-state index in [9.17, 15) is 22.4 Å². The Hall–Kier alpha value is -2.41. The van der Waals surface area contributed by atoms with E-state index in [4.69, 9.17) is 4.74 Å². The standard InChI is InChI=1S/C23H23F4NO2/c24-20-11-19(23(25,26)27)8-9-21(20)28-22(29)17-3-1-2-16(10-17)14-4-6-15(7-5-14)18-12-30-13-18/h4-9,11,16-18H,1-3,10,12-13H2,(H,28,29).